The summed E-state index contributed by atoms with van der Waals surface area (Å²) in [5.41, 5.74) is 6.64. The van der Waals surface area contributed by atoms with Crippen LogP contribution in [0.1, 0.15) is 17.2 Å². The van der Waals surface area contributed by atoms with Crippen LogP contribution in [0.2, 0.25) is 0 Å². The van der Waals surface area contributed by atoms with E-state index in [0.717, 1.165) is 11.1 Å². The quantitative estimate of drug-likeness (QED) is 0.630. The molecule has 2 amide bonds. The molecule has 4 N–H and O–H groups in total. The third kappa shape index (κ3) is 6.14. The number of hydrogen-bond donors (Lipinski definition) is 3. The van der Waals surface area contributed by atoms with Crippen molar-refractivity contribution in [2.75, 3.05) is 13.1 Å². The van der Waals surface area contributed by atoms with Gasteiger partial charge in [-0.1, -0.05) is 42.5 Å². The van der Waals surface area contributed by atoms with E-state index >= 15 is 0 Å². The lowest BCUT2D eigenvalue weighted by Gasteiger charge is -2.20. The molecule has 0 heterocycles. The van der Waals surface area contributed by atoms with Gasteiger partial charge in [0.1, 0.15) is 5.75 Å². The Labute approximate surface area is 149 Å². The summed E-state index contributed by atoms with van der Waals surface area (Å²) in [7, 11) is 0. The normalized spacial score (nSPS) is 11.8. The number of hydrogen-bond acceptors (Lipinski definition) is 4. The Kier molecular flexibility index (Phi) is 7.04. The van der Waals surface area contributed by atoms with Crippen molar-refractivity contribution in [1.29, 1.82) is 0 Å². The Morgan fingerprint density at radius 1 is 0.962 bits per heavy atom. The fourth-order valence-electron chi connectivity index (χ4n) is 2.36. The number of alkyl halides is 2. The minimum atomic E-state index is -2.89. The molecule has 8 heteroatoms. The minimum Gasteiger partial charge on any atom is -0.435 e. The van der Waals surface area contributed by atoms with Crippen molar-refractivity contribution >= 4 is 11.8 Å². The zero-order valence-corrected chi connectivity index (χ0v) is 13.8. The number of amides is 2. The average molecular weight is 363 g/mol. The van der Waals surface area contributed by atoms with Crippen LogP contribution in [0.5, 0.6) is 5.75 Å². The lowest BCUT2D eigenvalue weighted by Crippen LogP contribution is -2.40. The SMILES string of the molecule is NC(=O)CNC(=O)CN[C@@H](c1ccccc1)c1ccc(OC(F)F)cc1. The van der Waals surface area contributed by atoms with Gasteiger partial charge in [0.15, 0.2) is 0 Å². The Morgan fingerprint density at radius 3 is 2.15 bits per heavy atom. The van der Waals surface area contributed by atoms with E-state index in [-0.39, 0.29) is 30.8 Å². The first-order valence-corrected chi connectivity index (χ1v) is 7.84. The molecule has 0 radical (unpaired) electrons. The monoisotopic (exact) mass is 363 g/mol. The van der Waals surface area contributed by atoms with Gasteiger partial charge in [0, 0.05) is 0 Å². The molecule has 2 aromatic carbocycles. The molecule has 2 aromatic rings. The molecule has 0 spiro atoms. The number of benzene rings is 2. The highest BCUT2D eigenvalue weighted by Crippen LogP contribution is 2.24. The van der Waals surface area contributed by atoms with E-state index in [1.807, 2.05) is 30.3 Å². The van der Waals surface area contributed by atoms with Crippen molar-refractivity contribution < 1.29 is 23.1 Å². The van der Waals surface area contributed by atoms with Crippen LogP contribution in [-0.4, -0.2) is 31.5 Å². The lowest BCUT2D eigenvalue weighted by molar-refractivity contribution is -0.124. The van der Waals surface area contributed by atoms with Crippen LogP contribution in [0.25, 0.3) is 0 Å². The Bertz CT molecular complexity index is 724. The van der Waals surface area contributed by atoms with Gasteiger partial charge < -0.3 is 15.8 Å². The molecule has 0 bridgehead atoms. The molecule has 0 aliphatic heterocycles. The van der Waals surface area contributed by atoms with Crippen LogP contribution < -0.4 is 21.1 Å². The molecule has 6 nitrogen and oxygen atoms in total. The highest BCUT2D eigenvalue weighted by atomic mass is 19.3. The second kappa shape index (κ2) is 9.47. The van der Waals surface area contributed by atoms with Crippen molar-refractivity contribution in [3.05, 3.63) is 65.7 Å². The maximum absolute atomic E-state index is 12.3. The predicted molar refractivity (Wildman–Crippen MR) is 91.6 cm³/mol. The second-order valence-corrected chi connectivity index (χ2v) is 5.42. The van der Waals surface area contributed by atoms with Gasteiger partial charge in [-0.25, -0.2) is 0 Å². The van der Waals surface area contributed by atoms with Crippen molar-refractivity contribution in [1.82, 2.24) is 10.6 Å². The number of carbonyl (C=O) groups is 2. The molecule has 0 fully saturated rings. The topological polar surface area (TPSA) is 93.5 Å². The Morgan fingerprint density at radius 2 is 1.58 bits per heavy atom. The van der Waals surface area contributed by atoms with Gasteiger partial charge in [-0.2, -0.15) is 8.78 Å². The predicted octanol–water partition coefficient (Wildman–Crippen LogP) is 1.57. The first kappa shape index (κ1) is 19.3. The highest BCUT2D eigenvalue weighted by molar-refractivity contribution is 5.84. The maximum atomic E-state index is 12.3. The maximum Gasteiger partial charge on any atom is 0.387 e. The van der Waals surface area contributed by atoms with Crippen LogP contribution in [0, 0.1) is 0 Å². The smallest absolute Gasteiger partial charge is 0.387 e. The summed E-state index contributed by atoms with van der Waals surface area (Å²) in [6.07, 6.45) is 0. The summed E-state index contributed by atoms with van der Waals surface area (Å²) in [5.74, 6) is -0.968. The highest BCUT2D eigenvalue weighted by Gasteiger charge is 2.16. The number of nitrogens with two attached hydrogens (primary N) is 1. The third-order valence-electron chi connectivity index (χ3n) is 3.50. The van der Waals surface area contributed by atoms with E-state index in [9.17, 15) is 18.4 Å². The van der Waals surface area contributed by atoms with Crippen LogP contribution in [-0.2, 0) is 9.59 Å². The zero-order chi connectivity index (χ0) is 18.9. The number of primary amides is 1. The number of rotatable bonds is 9. The Hall–Kier alpha value is -3.00. The molecular formula is C18H19F2N3O3. The van der Waals surface area contributed by atoms with Gasteiger partial charge in [-0.15, -0.1) is 0 Å². The van der Waals surface area contributed by atoms with Gasteiger partial charge in [-0.3, -0.25) is 14.9 Å². The van der Waals surface area contributed by atoms with Gasteiger partial charge in [-0.05, 0) is 23.3 Å². The number of halogens is 2. The standard InChI is InChI=1S/C18H19F2N3O3/c19-18(20)26-14-8-6-13(7-9-14)17(12-4-2-1-3-5-12)23-11-16(25)22-10-15(21)24/h1-9,17-18,23H,10-11H2,(H2,21,24)(H,22,25)/t17-/m0/s1. The van der Waals surface area contributed by atoms with Crippen molar-refractivity contribution in [3.63, 3.8) is 0 Å². The van der Waals surface area contributed by atoms with Crippen molar-refractivity contribution in [2.45, 2.75) is 12.7 Å². The molecule has 0 saturated heterocycles. The molecule has 138 valence electrons. The van der Waals surface area contributed by atoms with E-state index in [0.29, 0.717) is 0 Å². The first-order valence-electron chi connectivity index (χ1n) is 7.84. The second-order valence-electron chi connectivity index (χ2n) is 5.42. The summed E-state index contributed by atoms with van der Waals surface area (Å²) in [6, 6.07) is 15.1. The largest absolute Gasteiger partial charge is 0.435 e. The van der Waals surface area contributed by atoms with Gasteiger partial charge in [0.05, 0.1) is 19.1 Å². The zero-order valence-electron chi connectivity index (χ0n) is 13.8. The van der Waals surface area contributed by atoms with Crippen LogP contribution >= 0.6 is 0 Å². The van der Waals surface area contributed by atoms with E-state index in [4.69, 9.17) is 5.73 Å². The van der Waals surface area contributed by atoms with Gasteiger partial charge in [0.2, 0.25) is 11.8 Å². The number of nitrogens with one attached hydrogen (secondary N) is 2. The molecule has 0 aromatic heterocycles. The van der Waals surface area contributed by atoms with Gasteiger partial charge in [0.25, 0.3) is 0 Å². The van der Waals surface area contributed by atoms with E-state index in [1.165, 1.54) is 12.1 Å². The van der Waals surface area contributed by atoms with E-state index in [1.54, 1.807) is 12.1 Å². The molecular weight excluding hydrogens is 344 g/mol. The summed E-state index contributed by atoms with van der Waals surface area (Å²) >= 11 is 0. The molecule has 26 heavy (non-hydrogen) atoms. The lowest BCUT2D eigenvalue weighted by atomic mass is 9.98. The van der Waals surface area contributed by atoms with Crippen molar-refractivity contribution in [2.24, 2.45) is 5.73 Å². The molecule has 0 saturated carbocycles. The first-order chi connectivity index (χ1) is 12.5. The molecule has 0 unspecified atom stereocenters. The molecule has 0 aliphatic rings. The third-order valence-corrected chi connectivity index (χ3v) is 3.50. The minimum absolute atomic E-state index is 0.0507. The summed E-state index contributed by atoms with van der Waals surface area (Å²) in [6.45, 7) is -3.18. The van der Waals surface area contributed by atoms with E-state index < -0.39 is 12.5 Å². The van der Waals surface area contributed by atoms with Crippen LogP contribution in [0.15, 0.2) is 54.6 Å². The molecule has 0 aliphatic carbocycles. The molecule has 2 rings (SSSR count). The average Bonchev–Trinajstić information content (AvgIpc) is 2.62. The fourth-order valence-corrected chi connectivity index (χ4v) is 2.36. The summed E-state index contributed by atoms with van der Waals surface area (Å²) in [5, 5.41) is 5.47. The Balaban J connectivity index is 2.11. The van der Waals surface area contributed by atoms with Gasteiger partial charge >= 0.3 is 6.61 Å². The fraction of sp³-hybridized carbons (Fsp3) is 0.222. The summed E-state index contributed by atoms with van der Waals surface area (Å²) < 4.78 is 28.9. The van der Waals surface area contributed by atoms with Crippen LogP contribution in [0.3, 0.4) is 0 Å². The number of ether oxygens (including phenoxy) is 1. The van der Waals surface area contributed by atoms with Crippen LogP contribution in [0.4, 0.5) is 8.78 Å². The summed E-state index contributed by atoms with van der Waals surface area (Å²) in [4.78, 5) is 22.5. The van der Waals surface area contributed by atoms with E-state index in [2.05, 4.69) is 15.4 Å². The number of carbonyl (C=O) groups excluding carboxylic acids is 2. The molecule has 1 atom stereocenters. The van der Waals surface area contributed by atoms with Crippen molar-refractivity contribution in [3.8, 4) is 5.75 Å².